The molecule has 0 aromatic heterocycles. The van der Waals surface area contributed by atoms with Crippen molar-refractivity contribution in [3.05, 3.63) is 34.9 Å². The van der Waals surface area contributed by atoms with Gasteiger partial charge in [0.1, 0.15) is 11.6 Å². The van der Waals surface area contributed by atoms with Crippen LogP contribution >= 0.6 is 0 Å². The smallest absolute Gasteiger partial charge is 0.131 e. The van der Waals surface area contributed by atoms with Crippen molar-refractivity contribution in [3.8, 4) is 0 Å². The summed E-state index contributed by atoms with van der Waals surface area (Å²) in [6.07, 6.45) is 2.02. The molecule has 0 radical (unpaired) electrons. The maximum absolute atomic E-state index is 13.9. The van der Waals surface area contributed by atoms with Gasteiger partial charge in [-0.2, -0.15) is 0 Å². The summed E-state index contributed by atoms with van der Waals surface area (Å²) >= 11 is 0. The SMILES string of the molecule is CNC(c1cc(C)c(F)cc1F)C1CCC(C)O1. The van der Waals surface area contributed by atoms with E-state index in [1.807, 2.05) is 6.92 Å². The van der Waals surface area contributed by atoms with Crippen molar-refractivity contribution >= 4 is 0 Å². The molecular formula is C14H19F2NO. The molecule has 1 fully saturated rings. The fourth-order valence-corrected chi connectivity index (χ4v) is 2.54. The summed E-state index contributed by atoms with van der Waals surface area (Å²) < 4.78 is 32.9. The highest BCUT2D eigenvalue weighted by molar-refractivity contribution is 5.29. The summed E-state index contributed by atoms with van der Waals surface area (Å²) in [7, 11) is 1.77. The van der Waals surface area contributed by atoms with Crippen LogP contribution in [0.5, 0.6) is 0 Å². The number of halogens is 2. The number of rotatable bonds is 3. The molecule has 4 heteroatoms. The molecule has 3 unspecified atom stereocenters. The largest absolute Gasteiger partial charge is 0.373 e. The average molecular weight is 255 g/mol. The van der Waals surface area contributed by atoms with Gasteiger partial charge in [-0.25, -0.2) is 8.78 Å². The molecule has 0 aliphatic carbocycles. The molecule has 100 valence electrons. The first-order valence-electron chi connectivity index (χ1n) is 6.31. The topological polar surface area (TPSA) is 21.3 Å². The standard InChI is InChI=1S/C14H19F2NO/c1-8-6-10(12(16)7-11(8)15)14(17-3)13-5-4-9(2)18-13/h6-7,9,13-14,17H,4-5H2,1-3H3. The zero-order valence-corrected chi connectivity index (χ0v) is 11.0. The third kappa shape index (κ3) is 2.54. The van der Waals surface area contributed by atoms with E-state index in [-0.39, 0.29) is 18.2 Å². The zero-order valence-electron chi connectivity index (χ0n) is 11.0. The van der Waals surface area contributed by atoms with Crippen molar-refractivity contribution in [2.24, 2.45) is 0 Å². The predicted molar refractivity (Wildman–Crippen MR) is 66.5 cm³/mol. The lowest BCUT2D eigenvalue weighted by molar-refractivity contribution is 0.0325. The van der Waals surface area contributed by atoms with Crippen molar-refractivity contribution in [3.63, 3.8) is 0 Å². The van der Waals surface area contributed by atoms with Gasteiger partial charge in [-0.3, -0.25) is 0 Å². The van der Waals surface area contributed by atoms with Gasteiger partial charge in [0.2, 0.25) is 0 Å². The van der Waals surface area contributed by atoms with E-state index in [2.05, 4.69) is 5.32 Å². The van der Waals surface area contributed by atoms with Gasteiger partial charge < -0.3 is 10.1 Å². The van der Waals surface area contributed by atoms with Gasteiger partial charge in [-0.15, -0.1) is 0 Å². The molecule has 1 N–H and O–H groups in total. The number of hydrogen-bond acceptors (Lipinski definition) is 2. The van der Waals surface area contributed by atoms with Gasteiger partial charge >= 0.3 is 0 Å². The molecule has 0 amide bonds. The molecule has 0 spiro atoms. The molecule has 0 saturated carbocycles. The van der Waals surface area contributed by atoms with Crippen LogP contribution in [0.2, 0.25) is 0 Å². The molecule has 0 bridgehead atoms. The Kier molecular flexibility index (Phi) is 3.97. The van der Waals surface area contributed by atoms with E-state index >= 15 is 0 Å². The molecule has 2 rings (SSSR count). The summed E-state index contributed by atoms with van der Waals surface area (Å²) in [6.45, 7) is 3.65. The second kappa shape index (κ2) is 5.33. The Morgan fingerprint density at radius 3 is 2.56 bits per heavy atom. The first kappa shape index (κ1) is 13.4. The Labute approximate surface area is 106 Å². The maximum atomic E-state index is 13.9. The highest BCUT2D eigenvalue weighted by Crippen LogP contribution is 2.32. The van der Waals surface area contributed by atoms with Crippen LogP contribution in [0.25, 0.3) is 0 Å². The van der Waals surface area contributed by atoms with Gasteiger partial charge in [0.05, 0.1) is 18.2 Å². The Balaban J connectivity index is 2.30. The van der Waals surface area contributed by atoms with E-state index in [9.17, 15) is 8.78 Å². The highest BCUT2D eigenvalue weighted by atomic mass is 19.1. The zero-order chi connectivity index (χ0) is 13.3. The van der Waals surface area contributed by atoms with Crippen LogP contribution in [0, 0.1) is 18.6 Å². The average Bonchev–Trinajstić information content (AvgIpc) is 2.73. The maximum Gasteiger partial charge on any atom is 0.131 e. The summed E-state index contributed by atoms with van der Waals surface area (Å²) in [5, 5.41) is 3.08. The number of benzene rings is 1. The van der Waals surface area contributed by atoms with Gasteiger partial charge in [-0.05, 0) is 45.4 Å². The van der Waals surface area contributed by atoms with Crippen LogP contribution in [0.4, 0.5) is 8.78 Å². The van der Waals surface area contributed by atoms with Crippen LogP contribution in [0.15, 0.2) is 12.1 Å². The van der Waals surface area contributed by atoms with E-state index in [1.54, 1.807) is 20.0 Å². The van der Waals surface area contributed by atoms with E-state index in [1.165, 1.54) is 0 Å². The van der Waals surface area contributed by atoms with Crippen LogP contribution < -0.4 is 5.32 Å². The summed E-state index contributed by atoms with van der Waals surface area (Å²) in [6, 6.07) is 2.29. The monoisotopic (exact) mass is 255 g/mol. The molecule has 1 aromatic rings. The highest BCUT2D eigenvalue weighted by Gasteiger charge is 2.31. The lowest BCUT2D eigenvalue weighted by atomic mass is 9.97. The molecular weight excluding hydrogens is 236 g/mol. The fourth-order valence-electron chi connectivity index (χ4n) is 2.54. The molecule has 1 saturated heterocycles. The Morgan fingerprint density at radius 1 is 1.28 bits per heavy atom. The van der Waals surface area contributed by atoms with E-state index < -0.39 is 11.6 Å². The number of hydrogen-bond donors (Lipinski definition) is 1. The Hall–Kier alpha value is -1.00. The molecule has 18 heavy (non-hydrogen) atoms. The van der Waals surface area contributed by atoms with Crippen LogP contribution in [0.1, 0.15) is 36.9 Å². The Bertz CT molecular complexity index is 436. The van der Waals surface area contributed by atoms with Crippen LogP contribution in [-0.4, -0.2) is 19.3 Å². The van der Waals surface area contributed by atoms with Gasteiger partial charge in [0, 0.05) is 11.6 Å². The van der Waals surface area contributed by atoms with Crippen molar-refractivity contribution < 1.29 is 13.5 Å². The first-order valence-corrected chi connectivity index (χ1v) is 6.31. The summed E-state index contributed by atoms with van der Waals surface area (Å²) in [5.41, 5.74) is 0.938. The molecule has 1 aliphatic heterocycles. The van der Waals surface area contributed by atoms with Crippen molar-refractivity contribution in [1.29, 1.82) is 0 Å². The number of aryl methyl sites for hydroxylation is 1. The third-order valence-electron chi connectivity index (χ3n) is 3.56. The number of likely N-dealkylation sites (N-methyl/N-ethyl adjacent to an activating group) is 1. The van der Waals surface area contributed by atoms with E-state index in [4.69, 9.17) is 4.74 Å². The second-order valence-electron chi connectivity index (χ2n) is 4.95. The minimum Gasteiger partial charge on any atom is -0.373 e. The van der Waals surface area contributed by atoms with E-state index in [0.717, 1.165) is 18.9 Å². The van der Waals surface area contributed by atoms with Gasteiger partial charge in [0.15, 0.2) is 0 Å². The molecule has 2 nitrogen and oxygen atoms in total. The van der Waals surface area contributed by atoms with Crippen molar-refractivity contribution in [2.75, 3.05) is 7.05 Å². The van der Waals surface area contributed by atoms with Crippen molar-refractivity contribution in [1.82, 2.24) is 5.32 Å². The van der Waals surface area contributed by atoms with E-state index in [0.29, 0.717) is 11.1 Å². The number of nitrogens with one attached hydrogen (secondary N) is 1. The molecule has 1 aliphatic rings. The molecule has 1 heterocycles. The predicted octanol–water partition coefficient (Wildman–Crippen LogP) is 3.10. The fraction of sp³-hybridized carbons (Fsp3) is 0.571. The third-order valence-corrected chi connectivity index (χ3v) is 3.56. The quantitative estimate of drug-likeness (QED) is 0.896. The van der Waals surface area contributed by atoms with Crippen LogP contribution in [0.3, 0.4) is 0 Å². The minimum atomic E-state index is -0.513. The lowest BCUT2D eigenvalue weighted by Crippen LogP contribution is -2.30. The van der Waals surface area contributed by atoms with Crippen LogP contribution in [-0.2, 0) is 4.74 Å². The van der Waals surface area contributed by atoms with Gasteiger partial charge in [0.25, 0.3) is 0 Å². The molecule has 3 atom stereocenters. The second-order valence-corrected chi connectivity index (χ2v) is 4.95. The molecule has 1 aromatic carbocycles. The minimum absolute atomic E-state index is 0.0515. The summed E-state index contributed by atoms with van der Waals surface area (Å²) in [4.78, 5) is 0. The van der Waals surface area contributed by atoms with Gasteiger partial charge in [-0.1, -0.05) is 0 Å². The number of ether oxygens (including phenoxy) is 1. The summed E-state index contributed by atoms with van der Waals surface area (Å²) in [5.74, 6) is -1.02. The Morgan fingerprint density at radius 2 is 2.00 bits per heavy atom. The van der Waals surface area contributed by atoms with Crippen molar-refractivity contribution in [2.45, 2.75) is 44.9 Å². The first-order chi connectivity index (χ1) is 8.52. The normalized spacial score (nSPS) is 25.4. The lowest BCUT2D eigenvalue weighted by Gasteiger charge is -2.24.